The first-order chi connectivity index (χ1) is 14.1. The summed E-state index contributed by atoms with van der Waals surface area (Å²) in [6, 6.07) is 15.8. The van der Waals surface area contributed by atoms with Crippen LogP contribution in [0.25, 0.3) is 21.1 Å². The lowest BCUT2D eigenvalue weighted by atomic mass is 10.1. The minimum Gasteiger partial charge on any atom is -0.486 e. The Bertz CT molecular complexity index is 1250. The molecule has 1 aliphatic heterocycles. The Hall–Kier alpha value is -3.12. The maximum absolute atomic E-state index is 12.8. The van der Waals surface area contributed by atoms with Gasteiger partial charge >= 0.3 is 0 Å². The van der Waals surface area contributed by atoms with Gasteiger partial charge in [0.15, 0.2) is 11.5 Å². The fraction of sp³-hybridized carbons (Fsp3) is 0.217. The van der Waals surface area contributed by atoms with Crippen molar-refractivity contribution in [2.24, 2.45) is 0 Å². The molecule has 1 amide bonds. The van der Waals surface area contributed by atoms with Gasteiger partial charge in [0.05, 0.1) is 16.4 Å². The van der Waals surface area contributed by atoms with Crippen molar-refractivity contribution < 1.29 is 14.3 Å². The molecule has 4 aromatic rings. The SMILES string of the molecule is Cc1ccc2cc3cc(C(=O)NC(C)c4ccc5c(c4)OCCO5)sc3nc2c1. The lowest BCUT2D eigenvalue weighted by molar-refractivity contribution is 0.0944. The summed E-state index contributed by atoms with van der Waals surface area (Å²) in [5, 5.41) is 5.15. The number of ether oxygens (including phenoxy) is 2. The minimum absolute atomic E-state index is 0.101. The number of fused-ring (bicyclic) bond motifs is 3. The van der Waals surface area contributed by atoms with Gasteiger partial charge in [0.1, 0.15) is 18.0 Å². The maximum Gasteiger partial charge on any atom is 0.261 e. The first kappa shape index (κ1) is 17.9. The molecule has 6 heteroatoms. The fourth-order valence-electron chi connectivity index (χ4n) is 3.53. The van der Waals surface area contributed by atoms with Crippen molar-refractivity contribution in [1.29, 1.82) is 0 Å². The molecule has 0 fully saturated rings. The highest BCUT2D eigenvalue weighted by atomic mass is 32.1. The molecule has 29 heavy (non-hydrogen) atoms. The van der Waals surface area contributed by atoms with E-state index in [1.54, 1.807) is 0 Å². The molecule has 3 heterocycles. The lowest BCUT2D eigenvalue weighted by Crippen LogP contribution is -2.26. The molecule has 0 saturated carbocycles. The van der Waals surface area contributed by atoms with Gasteiger partial charge in [-0.25, -0.2) is 4.98 Å². The van der Waals surface area contributed by atoms with E-state index in [9.17, 15) is 4.79 Å². The number of aryl methyl sites for hydroxylation is 1. The highest BCUT2D eigenvalue weighted by Gasteiger charge is 2.18. The standard InChI is InChI=1S/C23H20N2O3S/c1-13-3-4-16-10-17-12-21(29-23(17)25-18(16)9-13)22(26)24-14(2)15-5-6-19-20(11-15)28-8-7-27-19/h3-6,9-12,14H,7-8H2,1-2H3,(H,24,26). The summed E-state index contributed by atoms with van der Waals surface area (Å²) in [4.78, 5) is 19.1. The van der Waals surface area contributed by atoms with Crippen molar-refractivity contribution in [2.75, 3.05) is 13.2 Å². The number of carbonyl (C=O) groups is 1. The summed E-state index contributed by atoms with van der Waals surface area (Å²) in [6.07, 6.45) is 0. The van der Waals surface area contributed by atoms with Crippen LogP contribution in [0.1, 0.15) is 33.8 Å². The number of benzene rings is 2. The number of carbonyl (C=O) groups excluding carboxylic acids is 1. The van der Waals surface area contributed by atoms with Crippen LogP contribution in [0.3, 0.4) is 0 Å². The van der Waals surface area contributed by atoms with Gasteiger partial charge in [-0.15, -0.1) is 11.3 Å². The van der Waals surface area contributed by atoms with Crippen LogP contribution in [0, 0.1) is 6.92 Å². The third-order valence-electron chi connectivity index (χ3n) is 5.10. The van der Waals surface area contributed by atoms with Crippen molar-refractivity contribution in [3.8, 4) is 11.5 Å². The molecule has 5 nitrogen and oxygen atoms in total. The van der Waals surface area contributed by atoms with Crippen LogP contribution in [-0.2, 0) is 0 Å². The molecule has 146 valence electrons. The van der Waals surface area contributed by atoms with Crippen molar-refractivity contribution in [1.82, 2.24) is 10.3 Å². The zero-order valence-electron chi connectivity index (χ0n) is 16.2. The average Bonchev–Trinajstić information content (AvgIpc) is 3.14. The first-order valence-corrected chi connectivity index (χ1v) is 10.4. The predicted octanol–water partition coefficient (Wildman–Crippen LogP) is 5.02. The third kappa shape index (κ3) is 3.40. The monoisotopic (exact) mass is 404 g/mol. The Morgan fingerprint density at radius 2 is 1.86 bits per heavy atom. The number of rotatable bonds is 3. The van der Waals surface area contributed by atoms with E-state index in [1.807, 2.05) is 31.2 Å². The smallest absolute Gasteiger partial charge is 0.261 e. The normalized spacial score (nSPS) is 14.1. The molecular formula is C23H20N2O3S. The molecule has 2 aromatic carbocycles. The third-order valence-corrected chi connectivity index (χ3v) is 6.14. The quantitative estimate of drug-likeness (QED) is 0.521. The van der Waals surface area contributed by atoms with E-state index in [1.165, 1.54) is 16.9 Å². The predicted molar refractivity (Wildman–Crippen MR) is 115 cm³/mol. The van der Waals surface area contributed by atoms with Crippen molar-refractivity contribution in [3.63, 3.8) is 0 Å². The minimum atomic E-state index is -0.154. The summed E-state index contributed by atoms with van der Waals surface area (Å²) >= 11 is 1.42. The van der Waals surface area contributed by atoms with E-state index < -0.39 is 0 Å². The van der Waals surface area contributed by atoms with Gasteiger partial charge in [-0.3, -0.25) is 4.79 Å². The Morgan fingerprint density at radius 3 is 2.72 bits per heavy atom. The molecule has 0 aliphatic carbocycles. The van der Waals surface area contributed by atoms with Crippen LogP contribution < -0.4 is 14.8 Å². The van der Waals surface area contributed by atoms with Crippen LogP contribution in [0.4, 0.5) is 0 Å². The topological polar surface area (TPSA) is 60.5 Å². The second-order valence-corrected chi connectivity index (χ2v) is 8.32. The van der Waals surface area contributed by atoms with Gasteiger partial charge in [-0.2, -0.15) is 0 Å². The summed E-state index contributed by atoms with van der Waals surface area (Å²) in [6.45, 7) is 5.12. The molecule has 1 atom stereocenters. The highest BCUT2D eigenvalue weighted by Crippen LogP contribution is 2.33. The Kier molecular flexibility index (Phi) is 4.36. The van der Waals surface area contributed by atoms with Crippen LogP contribution in [0.2, 0.25) is 0 Å². The van der Waals surface area contributed by atoms with E-state index in [4.69, 9.17) is 14.5 Å². The Labute approximate surface area is 172 Å². The van der Waals surface area contributed by atoms with Gasteiger partial charge in [-0.1, -0.05) is 18.2 Å². The van der Waals surface area contributed by atoms with Crippen molar-refractivity contribution in [2.45, 2.75) is 19.9 Å². The zero-order chi connectivity index (χ0) is 20.0. The van der Waals surface area contributed by atoms with Crippen LogP contribution >= 0.6 is 11.3 Å². The van der Waals surface area contributed by atoms with E-state index >= 15 is 0 Å². The largest absolute Gasteiger partial charge is 0.486 e. The van der Waals surface area contributed by atoms with E-state index in [0.717, 1.165) is 38.2 Å². The second-order valence-electron chi connectivity index (χ2n) is 7.29. The number of nitrogens with one attached hydrogen (secondary N) is 1. The van der Waals surface area contributed by atoms with E-state index in [0.29, 0.717) is 18.1 Å². The van der Waals surface area contributed by atoms with Gasteiger partial charge in [0.2, 0.25) is 0 Å². The van der Waals surface area contributed by atoms with Gasteiger partial charge in [0.25, 0.3) is 5.91 Å². The molecular weight excluding hydrogens is 384 g/mol. The molecule has 0 bridgehead atoms. The number of amides is 1. The number of hydrogen-bond acceptors (Lipinski definition) is 5. The lowest BCUT2D eigenvalue weighted by Gasteiger charge is -2.21. The van der Waals surface area contributed by atoms with Gasteiger partial charge in [-0.05, 0) is 55.3 Å². The second kappa shape index (κ2) is 7.04. The van der Waals surface area contributed by atoms with Crippen LogP contribution in [0.5, 0.6) is 11.5 Å². The van der Waals surface area contributed by atoms with Gasteiger partial charge in [0, 0.05) is 10.8 Å². The van der Waals surface area contributed by atoms with Crippen molar-refractivity contribution in [3.05, 3.63) is 64.5 Å². The summed E-state index contributed by atoms with van der Waals surface area (Å²) in [7, 11) is 0. The number of hydrogen-bond donors (Lipinski definition) is 1. The summed E-state index contributed by atoms with van der Waals surface area (Å²) in [5.41, 5.74) is 3.10. The molecule has 1 unspecified atom stereocenters. The molecule has 0 radical (unpaired) electrons. The molecule has 2 aromatic heterocycles. The molecule has 1 N–H and O–H groups in total. The number of pyridine rings is 1. The average molecular weight is 404 g/mol. The van der Waals surface area contributed by atoms with Crippen LogP contribution in [0.15, 0.2) is 48.5 Å². The maximum atomic E-state index is 12.8. The number of nitrogens with zero attached hydrogens (tertiary/aromatic N) is 1. The summed E-state index contributed by atoms with van der Waals surface area (Å²) < 4.78 is 11.2. The highest BCUT2D eigenvalue weighted by molar-refractivity contribution is 7.20. The van der Waals surface area contributed by atoms with E-state index in [2.05, 4.69) is 36.5 Å². The number of thiophene rings is 1. The first-order valence-electron chi connectivity index (χ1n) is 9.58. The molecule has 1 aliphatic rings. The van der Waals surface area contributed by atoms with Gasteiger partial charge < -0.3 is 14.8 Å². The molecule has 5 rings (SSSR count). The molecule has 0 saturated heterocycles. The Balaban J connectivity index is 1.39. The van der Waals surface area contributed by atoms with Crippen LogP contribution in [-0.4, -0.2) is 24.1 Å². The van der Waals surface area contributed by atoms with E-state index in [-0.39, 0.29) is 11.9 Å². The summed E-state index contributed by atoms with van der Waals surface area (Å²) in [5.74, 6) is 1.37. The number of aromatic nitrogens is 1. The molecule has 0 spiro atoms. The van der Waals surface area contributed by atoms with Crippen molar-refractivity contribution >= 4 is 38.4 Å². The zero-order valence-corrected chi connectivity index (χ0v) is 17.0. The fourth-order valence-corrected chi connectivity index (χ4v) is 4.45. The Morgan fingerprint density at radius 1 is 1.03 bits per heavy atom.